The minimum absolute atomic E-state index is 0.0386. The average molecular weight is 417 g/mol. The molecule has 0 spiro atoms. The topological polar surface area (TPSA) is 51.9 Å². The van der Waals surface area contributed by atoms with E-state index < -0.39 is 11.7 Å². The third-order valence-corrected chi connectivity index (χ3v) is 5.40. The average Bonchev–Trinajstić information content (AvgIpc) is 3.02. The lowest BCUT2D eigenvalue weighted by Gasteiger charge is -2.36. The van der Waals surface area contributed by atoms with E-state index >= 15 is 0 Å². The van der Waals surface area contributed by atoms with Crippen molar-refractivity contribution in [2.45, 2.75) is 12.8 Å². The molecule has 4 rings (SSSR count). The molecule has 30 heavy (non-hydrogen) atoms. The molecule has 2 heterocycles. The molecule has 2 N–H and O–H groups in total. The highest BCUT2D eigenvalue weighted by atomic mass is 19.4. The zero-order chi connectivity index (χ0) is 21.3. The van der Waals surface area contributed by atoms with E-state index in [1.807, 2.05) is 35.2 Å². The van der Waals surface area contributed by atoms with E-state index in [-0.39, 0.29) is 29.6 Å². The molecule has 5 nitrogen and oxygen atoms in total. The zero-order valence-electron chi connectivity index (χ0n) is 16.2. The fourth-order valence-corrected chi connectivity index (χ4v) is 3.81. The molecular weight excluding hydrogens is 395 g/mol. The smallest absolute Gasteiger partial charge is 0.417 e. The minimum Gasteiger partial charge on any atom is -0.494 e. The summed E-state index contributed by atoms with van der Waals surface area (Å²) in [4.78, 5) is 4.29. The lowest BCUT2D eigenvalue weighted by atomic mass is 10.0. The Kier molecular flexibility index (Phi) is 5.34. The van der Waals surface area contributed by atoms with Gasteiger partial charge in [-0.3, -0.25) is 9.47 Å². The summed E-state index contributed by atoms with van der Waals surface area (Å²) in [6.07, 6.45) is -4.56. The highest BCUT2D eigenvalue weighted by molar-refractivity contribution is 5.74. The summed E-state index contributed by atoms with van der Waals surface area (Å²) in [5.41, 5.74) is 0.0811. The van der Waals surface area contributed by atoms with Gasteiger partial charge in [0.2, 0.25) is 5.88 Å². The third kappa shape index (κ3) is 3.95. The molecule has 1 fully saturated rings. The molecule has 1 saturated heterocycles. The second-order valence-corrected chi connectivity index (χ2v) is 7.29. The Labute approximate surface area is 172 Å². The number of rotatable bonds is 4. The molecular formula is C22H22F3N3O2. The molecule has 158 valence electrons. The fourth-order valence-electron chi connectivity index (χ4n) is 3.81. The van der Waals surface area contributed by atoms with Crippen molar-refractivity contribution in [3.63, 3.8) is 0 Å². The summed E-state index contributed by atoms with van der Waals surface area (Å²) in [6, 6.07) is 16.2. The highest BCUT2D eigenvalue weighted by Gasteiger charge is 2.34. The van der Waals surface area contributed by atoms with Crippen LogP contribution in [0.4, 0.5) is 18.9 Å². The van der Waals surface area contributed by atoms with E-state index in [9.17, 15) is 23.4 Å². The van der Waals surface area contributed by atoms with Crippen LogP contribution in [0, 0.1) is 0 Å². The van der Waals surface area contributed by atoms with E-state index in [1.165, 1.54) is 28.8 Å². The van der Waals surface area contributed by atoms with E-state index in [1.54, 1.807) is 0 Å². The van der Waals surface area contributed by atoms with E-state index in [0.29, 0.717) is 13.1 Å². The molecule has 2 aromatic carbocycles. The first-order valence-electron chi connectivity index (χ1n) is 9.65. The van der Waals surface area contributed by atoms with Gasteiger partial charge in [-0.25, -0.2) is 0 Å². The molecule has 0 aliphatic carbocycles. The fraction of sp³-hybridized carbons (Fsp3) is 0.273. The van der Waals surface area contributed by atoms with Crippen molar-refractivity contribution in [2.75, 3.05) is 31.1 Å². The summed E-state index contributed by atoms with van der Waals surface area (Å²) in [5, 5.41) is 20.9. The molecule has 0 radical (unpaired) electrons. The Morgan fingerprint density at radius 2 is 1.43 bits per heavy atom. The SMILES string of the molecule is Oc1cc(-c2ccccc2C(F)(F)F)c(O)n1CN1CCN(c2ccccc2)CC1. The van der Waals surface area contributed by atoms with Gasteiger partial charge in [-0.1, -0.05) is 36.4 Å². The second kappa shape index (κ2) is 7.95. The minimum atomic E-state index is -4.56. The van der Waals surface area contributed by atoms with Crippen LogP contribution in [-0.4, -0.2) is 45.9 Å². The number of hydrogen-bond donors (Lipinski definition) is 2. The Hall–Kier alpha value is -3.13. The van der Waals surface area contributed by atoms with Gasteiger partial charge in [0.25, 0.3) is 0 Å². The zero-order valence-corrected chi connectivity index (χ0v) is 16.2. The molecule has 0 amide bonds. The summed E-state index contributed by atoms with van der Waals surface area (Å²) in [7, 11) is 0. The second-order valence-electron chi connectivity index (χ2n) is 7.29. The number of nitrogens with zero attached hydrogens (tertiary/aromatic N) is 3. The molecule has 8 heteroatoms. The van der Waals surface area contributed by atoms with E-state index in [2.05, 4.69) is 4.90 Å². The largest absolute Gasteiger partial charge is 0.494 e. The molecule has 1 aliphatic heterocycles. The first-order valence-corrected chi connectivity index (χ1v) is 9.65. The van der Waals surface area contributed by atoms with Crippen LogP contribution < -0.4 is 4.90 Å². The van der Waals surface area contributed by atoms with Gasteiger partial charge in [-0.15, -0.1) is 0 Å². The maximum Gasteiger partial charge on any atom is 0.417 e. The van der Waals surface area contributed by atoms with Gasteiger partial charge < -0.3 is 15.1 Å². The first kappa shape index (κ1) is 20.2. The van der Waals surface area contributed by atoms with E-state index in [0.717, 1.165) is 24.8 Å². The molecule has 1 aliphatic rings. The molecule has 0 unspecified atom stereocenters. The first-order chi connectivity index (χ1) is 14.3. The van der Waals surface area contributed by atoms with Gasteiger partial charge >= 0.3 is 6.18 Å². The summed E-state index contributed by atoms with van der Waals surface area (Å²) < 4.78 is 41.3. The van der Waals surface area contributed by atoms with Gasteiger partial charge in [0.15, 0.2) is 5.88 Å². The van der Waals surface area contributed by atoms with Gasteiger partial charge in [-0.05, 0) is 23.8 Å². The number of piperazine rings is 1. The van der Waals surface area contributed by atoms with Crippen molar-refractivity contribution in [1.29, 1.82) is 0 Å². The number of anilines is 1. The Morgan fingerprint density at radius 3 is 2.10 bits per heavy atom. The molecule has 1 aromatic heterocycles. The number of hydrogen-bond acceptors (Lipinski definition) is 4. The lowest BCUT2D eigenvalue weighted by molar-refractivity contribution is -0.137. The number of para-hydroxylation sites is 1. The Balaban J connectivity index is 1.52. The van der Waals surface area contributed by atoms with Crippen LogP contribution in [0.1, 0.15) is 5.56 Å². The lowest BCUT2D eigenvalue weighted by Crippen LogP contribution is -2.46. The monoisotopic (exact) mass is 417 g/mol. The maximum absolute atomic E-state index is 13.4. The number of halogens is 3. The quantitative estimate of drug-likeness (QED) is 0.662. The molecule has 0 saturated carbocycles. The van der Waals surface area contributed by atoms with Crippen LogP contribution >= 0.6 is 0 Å². The van der Waals surface area contributed by atoms with Crippen LogP contribution in [0.5, 0.6) is 11.8 Å². The Bertz CT molecular complexity index is 1010. The summed E-state index contributed by atoms with van der Waals surface area (Å²) >= 11 is 0. The van der Waals surface area contributed by atoms with Crippen LogP contribution in [0.25, 0.3) is 11.1 Å². The van der Waals surface area contributed by atoms with Crippen molar-refractivity contribution in [3.05, 3.63) is 66.2 Å². The van der Waals surface area contributed by atoms with E-state index in [4.69, 9.17) is 0 Å². The molecule has 0 bridgehead atoms. The van der Waals surface area contributed by atoms with Crippen molar-refractivity contribution in [1.82, 2.24) is 9.47 Å². The van der Waals surface area contributed by atoms with Crippen LogP contribution in [-0.2, 0) is 12.8 Å². The third-order valence-electron chi connectivity index (χ3n) is 5.40. The highest BCUT2D eigenvalue weighted by Crippen LogP contribution is 2.42. The van der Waals surface area contributed by atoms with Crippen molar-refractivity contribution >= 4 is 5.69 Å². The number of benzene rings is 2. The number of aromatic hydroxyl groups is 2. The number of aromatic nitrogens is 1. The standard InChI is InChI=1S/C22H22F3N3O2/c23-22(24,25)19-9-5-4-8-17(19)18-14-20(29)28(21(18)30)15-26-10-12-27(13-11-26)16-6-2-1-3-7-16/h1-9,14,29-30H,10-13,15H2. The molecule has 3 aromatic rings. The van der Waals surface area contributed by atoms with Crippen LogP contribution in [0.2, 0.25) is 0 Å². The van der Waals surface area contributed by atoms with Crippen LogP contribution in [0.15, 0.2) is 60.7 Å². The van der Waals surface area contributed by atoms with Gasteiger partial charge in [0.05, 0.1) is 12.2 Å². The van der Waals surface area contributed by atoms with Crippen molar-refractivity contribution in [3.8, 4) is 22.9 Å². The Morgan fingerprint density at radius 1 is 0.800 bits per heavy atom. The maximum atomic E-state index is 13.4. The predicted molar refractivity (Wildman–Crippen MR) is 108 cm³/mol. The number of alkyl halides is 3. The van der Waals surface area contributed by atoms with Crippen molar-refractivity contribution < 1.29 is 23.4 Å². The summed E-state index contributed by atoms with van der Waals surface area (Å²) in [6.45, 7) is 3.13. The van der Waals surface area contributed by atoms with Crippen LogP contribution in [0.3, 0.4) is 0 Å². The van der Waals surface area contributed by atoms with Gasteiger partial charge in [0.1, 0.15) is 0 Å². The summed E-state index contributed by atoms with van der Waals surface area (Å²) in [5.74, 6) is -0.653. The van der Waals surface area contributed by atoms with Gasteiger partial charge in [0, 0.05) is 43.5 Å². The normalized spacial score (nSPS) is 15.5. The molecule has 0 atom stereocenters. The van der Waals surface area contributed by atoms with Gasteiger partial charge in [-0.2, -0.15) is 13.2 Å². The van der Waals surface area contributed by atoms with Crippen molar-refractivity contribution in [2.24, 2.45) is 0 Å². The predicted octanol–water partition coefficient (Wildman–Crippen LogP) is 4.36.